The number of aryl methyl sites for hydroxylation is 2. The lowest BCUT2D eigenvalue weighted by Gasteiger charge is -2.37. The number of aliphatic hydroxyl groups is 1. The van der Waals surface area contributed by atoms with Crippen molar-refractivity contribution in [1.82, 2.24) is 14.9 Å². The summed E-state index contributed by atoms with van der Waals surface area (Å²) in [6.07, 6.45) is -6.94. The number of hydrogen-bond acceptors (Lipinski definition) is 7. The highest BCUT2D eigenvalue weighted by Gasteiger charge is 2.39. The predicted octanol–water partition coefficient (Wildman–Crippen LogP) is 3.91. The lowest BCUT2D eigenvalue weighted by molar-refractivity contribution is -0.193. The number of nitrogens with zero attached hydrogens (tertiary/aromatic N) is 3. The molecular formula is C20H23F6N3O5S. The van der Waals surface area contributed by atoms with Gasteiger partial charge in [-0.25, -0.2) is 14.6 Å². The van der Waals surface area contributed by atoms with Gasteiger partial charge in [-0.05, 0) is 38.8 Å². The Morgan fingerprint density at radius 2 is 1.51 bits per heavy atom. The molecule has 1 aliphatic rings. The topological polar surface area (TPSA) is 124 Å². The van der Waals surface area contributed by atoms with Crippen molar-refractivity contribution in [3.8, 4) is 0 Å². The summed E-state index contributed by atoms with van der Waals surface area (Å²) < 4.78 is 63.5. The van der Waals surface area contributed by atoms with Crippen molar-refractivity contribution in [2.75, 3.05) is 13.1 Å². The number of hydrogen-bond donors (Lipinski definition) is 3. The van der Waals surface area contributed by atoms with Crippen molar-refractivity contribution >= 4 is 23.3 Å². The van der Waals surface area contributed by atoms with E-state index in [-0.39, 0.29) is 0 Å². The molecule has 15 heteroatoms. The quantitative estimate of drug-likeness (QED) is 0.510. The van der Waals surface area contributed by atoms with Crippen LogP contribution < -0.4 is 0 Å². The van der Waals surface area contributed by atoms with Crippen LogP contribution in [0.2, 0.25) is 0 Å². The minimum Gasteiger partial charge on any atom is -0.475 e. The van der Waals surface area contributed by atoms with Gasteiger partial charge in [-0.1, -0.05) is 6.07 Å². The van der Waals surface area contributed by atoms with Crippen LogP contribution in [0.5, 0.6) is 0 Å². The van der Waals surface area contributed by atoms with Crippen LogP contribution in [0.3, 0.4) is 0 Å². The van der Waals surface area contributed by atoms with Crippen molar-refractivity contribution in [2.45, 2.75) is 51.2 Å². The number of aliphatic carboxylic acids is 2. The van der Waals surface area contributed by atoms with E-state index in [1.54, 1.807) is 17.5 Å². The van der Waals surface area contributed by atoms with E-state index >= 15 is 0 Å². The maximum absolute atomic E-state index is 10.8. The Bertz CT molecular complexity index is 950. The highest BCUT2D eigenvalue weighted by molar-refractivity contribution is 7.11. The number of carboxylic acid groups (broad SMARTS) is 2. The molecule has 3 rings (SSSR count). The fourth-order valence-electron chi connectivity index (χ4n) is 2.90. The second kappa shape index (κ2) is 12.3. The number of rotatable bonds is 3. The molecule has 1 fully saturated rings. The van der Waals surface area contributed by atoms with Gasteiger partial charge in [0.15, 0.2) is 0 Å². The molecule has 0 aliphatic carbocycles. The zero-order chi connectivity index (χ0) is 27.0. The van der Waals surface area contributed by atoms with Gasteiger partial charge in [0.05, 0.1) is 16.4 Å². The molecule has 0 radical (unpaired) electrons. The summed E-state index contributed by atoms with van der Waals surface area (Å²) >= 11 is 1.78. The standard InChI is InChI=1S/C16H21N3OS.2C2HF3O2/c1-12-14(21-13(2)18-12)11-19-9-6-16(20,7-10-19)15-5-3-4-8-17-15;2*3-2(4,5)1(6)7/h3-5,8,20H,6-7,9-11H2,1-2H3;2*(H,6,7). The minimum atomic E-state index is -5.08. The van der Waals surface area contributed by atoms with Crippen LogP contribution in [0.15, 0.2) is 24.4 Å². The molecule has 2 aromatic rings. The molecule has 0 atom stereocenters. The third kappa shape index (κ3) is 10.2. The van der Waals surface area contributed by atoms with E-state index in [2.05, 4.69) is 28.7 Å². The largest absolute Gasteiger partial charge is 0.490 e. The van der Waals surface area contributed by atoms with Gasteiger partial charge in [0.25, 0.3) is 0 Å². The van der Waals surface area contributed by atoms with Gasteiger partial charge in [-0.15, -0.1) is 11.3 Å². The van der Waals surface area contributed by atoms with E-state index in [1.807, 2.05) is 18.2 Å². The van der Waals surface area contributed by atoms with Gasteiger partial charge in [-0.3, -0.25) is 9.88 Å². The molecule has 35 heavy (non-hydrogen) atoms. The van der Waals surface area contributed by atoms with Gasteiger partial charge >= 0.3 is 24.3 Å². The van der Waals surface area contributed by atoms with E-state index in [1.165, 1.54) is 4.88 Å². The van der Waals surface area contributed by atoms with Gasteiger partial charge in [0.1, 0.15) is 5.60 Å². The number of pyridine rings is 1. The maximum Gasteiger partial charge on any atom is 0.490 e. The van der Waals surface area contributed by atoms with Crippen molar-refractivity contribution in [2.24, 2.45) is 0 Å². The van der Waals surface area contributed by atoms with Crippen LogP contribution in [0.4, 0.5) is 26.3 Å². The summed E-state index contributed by atoms with van der Waals surface area (Å²) in [5.41, 5.74) is 1.17. The molecule has 3 heterocycles. The molecule has 0 saturated carbocycles. The fourth-order valence-corrected chi connectivity index (χ4v) is 3.88. The lowest BCUT2D eigenvalue weighted by Crippen LogP contribution is -2.42. The van der Waals surface area contributed by atoms with Gasteiger partial charge in [0, 0.05) is 30.7 Å². The molecule has 0 spiro atoms. The zero-order valence-electron chi connectivity index (χ0n) is 18.5. The van der Waals surface area contributed by atoms with Gasteiger partial charge < -0.3 is 15.3 Å². The summed E-state index contributed by atoms with van der Waals surface area (Å²) in [5.74, 6) is -5.51. The first kappa shape index (κ1) is 30.3. The first-order valence-corrected chi connectivity index (χ1v) is 10.7. The van der Waals surface area contributed by atoms with Crippen molar-refractivity contribution < 1.29 is 51.3 Å². The van der Waals surface area contributed by atoms with E-state index in [0.717, 1.165) is 48.9 Å². The number of aromatic nitrogens is 2. The normalized spacial score (nSPS) is 15.8. The highest BCUT2D eigenvalue weighted by atomic mass is 32.1. The monoisotopic (exact) mass is 531 g/mol. The third-order valence-electron chi connectivity index (χ3n) is 4.68. The highest BCUT2D eigenvalue weighted by Crippen LogP contribution is 2.32. The SMILES string of the molecule is Cc1nc(C)c(CN2CCC(O)(c3ccccn3)CC2)s1.O=C(O)C(F)(F)F.O=C(O)C(F)(F)F. The molecule has 1 saturated heterocycles. The number of halogens is 6. The smallest absolute Gasteiger partial charge is 0.475 e. The molecular weight excluding hydrogens is 508 g/mol. The lowest BCUT2D eigenvalue weighted by atomic mass is 9.88. The van der Waals surface area contributed by atoms with Crippen molar-refractivity contribution in [3.63, 3.8) is 0 Å². The number of alkyl halides is 6. The van der Waals surface area contributed by atoms with E-state index in [0.29, 0.717) is 0 Å². The van der Waals surface area contributed by atoms with Crippen LogP contribution >= 0.6 is 11.3 Å². The first-order valence-electron chi connectivity index (χ1n) is 9.85. The third-order valence-corrected chi connectivity index (χ3v) is 5.73. The number of thiazole rings is 1. The number of carboxylic acids is 2. The van der Waals surface area contributed by atoms with Gasteiger partial charge in [-0.2, -0.15) is 26.3 Å². The van der Waals surface area contributed by atoms with Crippen LogP contribution in [0, 0.1) is 13.8 Å². The average Bonchev–Trinajstić information content (AvgIpc) is 3.06. The van der Waals surface area contributed by atoms with E-state index in [9.17, 15) is 31.4 Å². The number of carbonyl (C=O) groups is 2. The summed E-state index contributed by atoms with van der Waals surface area (Å²) in [6.45, 7) is 6.85. The molecule has 0 amide bonds. The Morgan fingerprint density at radius 3 is 1.86 bits per heavy atom. The number of piperidine rings is 1. The van der Waals surface area contributed by atoms with E-state index < -0.39 is 29.9 Å². The Morgan fingerprint density at radius 1 is 1.03 bits per heavy atom. The second-order valence-electron chi connectivity index (χ2n) is 7.37. The predicted molar refractivity (Wildman–Crippen MR) is 112 cm³/mol. The number of likely N-dealkylation sites (tertiary alicyclic amines) is 1. The van der Waals surface area contributed by atoms with Gasteiger partial charge in [0.2, 0.25) is 0 Å². The molecule has 1 aliphatic heterocycles. The van der Waals surface area contributed by atoms with Crippen LogP contribution in [-0.4, -0.2) is 67.6 Å². The van der Waals surface area contributed by atoms with Crippen LogP contribution in [0.25, 0.3) is 0 Å². The summed E-state index contributed by atoms with van der Waals surface area (Å²) in [7, 11) is 0. The fraction of sp³-hybridized carbons (Fsp3) is 0.500. The minimum absolute atomic E-state index is 0.737. The Balaban J connectivity index is 0.000000362. The van der Waals surface area contributed by atoms with E-state index in [4.69, 9.17) is 19.8 Å². The molecule has 0 unspecified atom stereocenters. The molecule has 2 aromatic heterocycles. The Labute approximate surface area is 199 Å². The molecule has 8 nitrogen and oxygen atoms in total. The van der Waals surface area contributed by atoms with Crippen LogP contribution in [-0.2, 0) is 21.7 Å². The Kier molecular flexibility index (Phi) is 10.6. The molecule has 0 bridgehead atoms. The average molecular weight is 531 g/mol. The maximum atomic E-state index is 10.8. The zero-order valence-corrected chi connectivity index (χ0v) is 19.3. The second-order valence-corrected chi connectivity index (χ2v) is 8.66. The summed E-state index contributed by atoms with van der Waals surface area (Å²) in [6, 6.07) is 5.75. The first-order chi connectivity index (χ1) is 16.0. The summed E-state index contributed by atoms with van der Waals surface area (Å²) in [4.78, 5) is 30.3. The van der Waals surface area contributed by atoms with Crippen LogP contribution in [0.1, 0.15) is 34.1 Å². The molecule has 3 N–H and O–H groups in total. The van der Waals surface area contributed by atoms with Crippen molar-refractivity contribution in [1.29, 1.82) is 0 Å². The molecule has 196 valence electrons. The molecule has 0 aromatic carbocycles. The van der Waals surface area contributed by atoms with Crippen molar-refractivity contribution in [3.05, 3.63) is 45.7 Å². The Hall–Kier alpha value is -2.78. The summed E-state index contributed by atoms with van der Waals surface area (Å²) in [5, 5.41) is 26.2.